The largest absolute Gasteiger partial charge is 0.545 e. The van der Waals surface area contributed by atoms with Gasteiger partial charge in [-0.25, -0.2) is 0 Å². The predicted octanol–water partition coefficient (Wildman–Crippen LogP) is 22.0. The lowest BCUT2D eigenvalue weighted by molar-refractivity contribution is -0.870. The molecule has 0 aromatic rings. The van der Waals surface area contributed by atoms with E-state index >= 15 is 0 Å². The third-order valence-corrected chi connectivity index (χ3v) is 16.8. The zero-order chi connectivity index (χ0) is 62.6. The molecule has 0 aliphatic rings. The van der Waals surface area contributed by atoms with Gasteiger partial charge in [-0.05, 0) is 51.4 Å². The number of aliphatic carboxylic acids is 1. The van der Waals surface area contributed by atoms with Crippen molar-refractivity contribution in [3.8, 4) is 0 Å². The molecule has 0 rings (SSSR count). The van der Waals surface area contributed by atoms with E-state index in [0.29, 0.717) is 23.9 Å². The molecule has 0 radical (unpaired) electrons. The smallest absolute Gasteiger partial charge is 0.306 e. The Balaban J connectivity index is 4.01. The van der Waals surface area contributed by atoms with Crippen LogP contribution >= 0.6 is 0 Å². The SMILES string of the molecule is CC/C=C\C/C=C\C/C=C\C/C=C\CCCCCCCCCCCCCCCCC(=O)OC(COC(=O)CCCCCCCCCCCCCCCCCCCCCCCCCCCCCCCCCCCC)COC(OCC[N+](C)(C)C)C(=O)[O-]. The van der Waals surface area contributed by atoms with Crippen molar-refractivity contribution in [1.82, 2.24) is 0 Å². The zero-order valence-electron chi connectivity index (χ0n) is 57.7. The van der Waals surface area contributed by atoms with Gasteiger partial charge in [0, 0.05) is 12.8 Å². The Bertz CT molecular complexity index is 1550. The average Bonchev–Trinajstić information content (AvgIpc) is 3.64. The molecule has 0 spiro atoms. The summed E-state index contributed by atoms with van der Waals surface area (Å²) in [6.45, 7) is 4.70. The molecule has 86 heavy (non-hydrogen) atoms. The summed E-state index contributed by atoms with van der Waals surface area (Å²) in [5.74, 6) is -2.26. The number of unbranched alkanes of at least 4 members (excludes halogenated alkanes) is 47. The Labute approximate surface area is 533 Å². The molecule has 0 aromatic heterocycles. The second-order valence-corrected chi connectivity index (χ2v) is 26.6. The van der Waals surface area contributed by atoms with E-state index in [2.05, 4.69) is 62.5 Å². The summed E-state index contributed by atoms with van der Waals surface area (Å²) in [6.07, 6.45) is 85.1. The minimum absolute atomic E-state index is 0.149. The molecule has 9 heteroatoms. The maximum Gasteiger partial charge on any atom is 0.306 e. The van der Waals surface area contributed by atoms with Crippen molar-refractivity contribution in [3.05, 3.63) is 48.6 Å². The van der Waals surface area contributed by atoms with Gasteiger partial charge in [-0.15, -0.1) is 0 Å². The topological polar surface area (TPSA) is 111 Å². The van der Waals surface area contributed by atoms with Crippen molar-refractivity contribution in [2.75, 3.05) is 47.5 Å². The molecule has 0 saturated carbocycles. The van der Waals surface area contributed by atoms with Crippen LogP contribution in [-0.2, 0) is 33.3 Å². The third-order valence-electron chi connectivity index (χ3n) is 16.8. The van der Waals surface area contributed by atoms with Gasteiger partial charge in [-0.2, -0.15) is 0 Å². The summed E-state index contributed by atoms with van der Waals surface area (Å²) in [6, 6.07) is 0. The molecule has 0 heterocycles. The second-order valence-electron chi connectivity index (χ2n) is 26.6. The van der Waals surface area contributed by atoms with Gasteiger partial charge in [0.15, 0.2) is 12.4 Å². The van der Waals surface area contributed by atoms with E-state index in [0.717, 1.165) is 57.8 Å². The first-order valence-electron chi connectivity index (χ1n) is 37.3. The molecule has 0 N–H and O–H groups in total. The Morgan fingerprint density at radius 3 is 0.988 bits per heavy atom. The van der Waals surface area contributed by atoms with Crippen LogP contribution in [0.2, 0.25) is 0 Å². The summed E-state index contributed by atoms with van der Waals surface area (Å²) >= 11 is 0. The van der Waals surface area contributed by atoms with Gasteiger partial charge in [0.05, 0.1) is 40.3 Å². The number of quaternary nitrogens is 1. The van der Waals surface area contributed by atoms with Crippen molar-refractivity contribution in [3.63, 3.8) is 0 Å². The Morgan fingerprint density at radius 2 is 0.663 bits per heavy atom. The number of hydrogen-bond donors (Lipinski definition) is 0. The number of carboxylic acid groups (broad SMARTS) is 1. The lowest BCUT2D eigenvalue weighted by atomic mass is 10.0. The highest BCUT2D eigenvalue weighted by atomic mass is 16.7. The van der Waals surface area contributed by atoms with Crippen LogP contribution in [0, 0.1) is 0 Å². The highest BCUT2D eigenvalue weighted by Crippen LogP contribution is 2.19. The van der Waals surface area contributed by atoms with E-state index in [-0.39, 0.29) is 32.2 Å². The number of rotatable bonds is 70. The van der Waals surface area contributed by atoms with Crippen LogP contribution in [-0.4, -0.2) is 82.3 Å². The molecule has 0 saturated heterocycles. The molecule has 0 aliphatic heterocycles. The molecular weight excluding hydrogens is 1070 g/mol. The minimum Gasteiger partial charge on any atom is -0.545 e. The molecule has 9 nitrogen and oxygen atoms in total. The van der Waals surface area contributed by atoms with Crippen LogP contribution in [0.1, 0.15) is 367 Å². The molecule has 0 amide bonds. The highest BCUT2D eigenvalue weighted by Gasteiger charge is 2.22. The first kappa shape index (κ1) is 83.2. The third kappa shape index (κ3) is 68.7. The standard InChI is InChI=1S/C77H143NO8/c1-6-8-10-12-14-16-18-20-22-24-26-28-30-32-34-35-36-37-38-39-40-42-43-45-47-49-51-53-55-57-59-61-63-65-67-74(79)84-71-73(72-85-77(76(81)82)83-70-69-78(3,4)5)86-75(80)68-66-64-62-60-58-56-54-52-50-48-46-44-41-33-31-29-27-25-23-21-19-17-15-13-11-9-7-2/h9,11,15,17,21,23,27,29,73,77H,6-8,10,12-14,16,18-20,22,24-26,28,30-72H2,1-5H3/b11-9-,17-15-,23-21-,29-27-. The highest BCUT2D eigenvalue weighted by molar-refractivity contribution is 5.70. The number of allylic oxidation sites excluding steroid dienone is 8. The van der Waals surface area contributed by atoms with Crippen LogP contribution in [0.5, 0.6) is 0 Å². The van der Waals surface area contributed by atoms with Crippen molar-refractivity contribution in [1.29, 1.82) is 0 Å². The lowest BCUT2D eigenvalue weighted by Gasteiger charge is -2.26. The maximum atomic E-state index is 12.9. The van der Waals surface area contributed by atoms with E-state index in [1.54, 1.807) is 0 Å². The van der Waals surface area contributed by atoms with Gasteiger partial charge in [0.2, 0.25) is 0 Å². The van der Waals surface area contributed by atoms with Gasteiger partial charge in [-0.3, -0.25) is 9.59 Å². The molecule has 0 aromatic carbocycles. The van der Waals surface area contributed by atoms with Crippen molar-refractivity contribution in [2.45, 2.75) is 379 Å². The van der Waals surface area contributed by atoms with Gasteiger partial charge in [-0.1, -0.05) is 351 Å². The molecule has 0 fully saturated rings. The summed E-state index contributed by atoms with van der Waals surface area (Å²) in [5, 5.41) is 11.8. The van der Waals surface area contributed by atoms with E-state index in [9.17, 15) is 19.5 Å². The molecule has 0 bridgehead atoms. The second kappa shape index (κ2) is 68.2. The number of ether oxygens (including phenoxy) is 4. The van der Waals surface area contributed by atoms with Crippen LogP contribution < -0.4 is 5.11 Å². The number of carbonyl (C=O) groups excluding carboxylic acids is 3. The van der Waals surface area contributed by atoms with Gasteiger partial charge >= 0.3 is 11.9 Å². The van der Waals surface area contributed by atoms with Gasteiger partial charge < -0.3 is 33.3 Å². The van der Waals surface area contributed by atoms with Crippen LogP contribution in [0.3, 0.4) is 0 Å². The number of likely N-dealkylation sites (N-methyl/N-ethyl adjacent to an activating group) is 1. The monoisotopic (exact) mass is 1210 g/mol. The first-order valence-corrected chi connectivity index (χ1v) is 37.3. The minimum atomic E-state index is -1.62. The Morgan fingerprint density at radius 1 is 0.360 bits per heavy atom. The normalized spacial score (nSPS) is 12.9. The van der Waals surface area contributed by atoms with Crippen LogP contribution in [0.25, 0.3) is 0 Å². The van der Waals surface area contributed by atoms with Gasteiger partial charge in [0.1, 0.15) is 13.2 Å². The zero-order valence-corrected chi connectivity index (χ0v) is 57.7. The Hall–Kier alpha value is -2.75. The fourth-order valence-corrected chi connectivity index (χ4v) is 11.2. The number of esters is 2. The summed E-state index contributed by atoms with van der Waals surface area (Å²) in [5.41, 5.74) is 0. The van der Waals surface area contributed by atoms with E-state index in [1.807, 2.05) is 21.1 Å². The average molecular weight is 1210 g/mol. The summed E-state index contributed by atoms with van der Waals surface area (Å²) < 4.78 is 22.8. The number of carbonyl (C=O) groups is 3. The van der Waals surface area contributed by atoms with E-state index < -0.39 is 24.3 Å². The van der Waals surface area contributed by atoms with Crippen molar-refractivity contribution < 1.29 is 42.9 Å². The van der Waals surface area contributed by atoms with E-state index in [4.69, 9.17) is 18.9 Å². The maximum absolute atomic E-state index is 12.9. The fraction of sp³-hybridized carbons (Fsp3) is 0.857. The molecule has 504 valence electrons. The number of carboxylic acids is 1. The lowest BCUT2D eigenvalue weighted by Crippen LogP contribution is -2.44. The van der Waals surface area contributed by atoms with E-state index in [1.165, 1.54) is 276 Å². The molecule has 0 aliphatic carbocycles. The molecule has 2 unspecified atom stereocenters. The molecule has 2 atom stereocenters. The van der Waals surface area contributed by atoms with Gasteiger partial charge in [0.25, 0.3) is 0 Å². The molecular formula is C77H143NO8. The quantitative estimate of drug-likeness (QED) is 0.0195. The number of hydrogen-bond acceptors (Lipinski definition) is 8. The number of nitrogens with zero attached hydrogens (tertiary/aromatic N) is 1. The summed E-state index contributed by atoms with van der Waals surface area (Å²) in [7, 11) is 5.94. The first-order chi connectivity index (χ1) is 42.1. The van der Waals surface area contributed by atoms with Crippen molar-refractivity contribution in [2.24, 2.45) is 0 Å². The van der Waals surface area contributed by atoms with Crippen LogP contribution in [0.15, 0.2) is 48.6 Å². The predicted molar refractivity (Wildman–Crippen MR) is 366 cm³/mol. The Kier molecular flexibility index (Phi) is 66.0. The van der Waals surface area contributed by atoms with Crippen molar-refractivity contribution >= 4 is 17.9 Å². The fourth-order valence-electron chi connectivity index (χ4n) is 11.2. The summed E-state index contributed by atoms with van der Waals surface area (Å²) in [4.78, 5) is 37.5. The van der Waals surface area contributed by atoms with Crippen LogP contribution in [0.4, 0.5) is 0 Å².